The molecule has 0 fully saturated rings. The highest BCUT2D eigenvalue weighted by atomic mass is 19.4. The van der Waals surface area contributed by atoms with Gasteiger partial charge in [-0.3, -0.25) is 0 Å². The molecule has 0 spiro atoms. The van der Waals surface area contributed by atoms with Crippen molar-refractivity contribution < 1.29 is 26.3 Å². The van der Waals surface area contributed by atoms with E-state index < -0.39 is 35.3 Å². The van der Waals surface area contributed by atoms with E-state index in [1.165, 1.54) is 12.1 Å². The van der Waals surface area contributed by atoms with Gasteiger partial charge in [0.05, 0.1) is 23.3 Å². The van der Waals surface area contributed by atoms with Crippen molar-refractivity contribution in [2.24, 2.45) is 5.92 Å². The fourth-order valence-electron chi connectivity index (χ4n) is 7.15. The second-order valence-electron chi connectivity index (χ2n) is 12.3. The van der Waals surface area contributed by atoms with E-state index in [0.29, 0.717) is 72.3 Å². The maximum atomic E-state index is 13.5. The lowest BCUT2D eigenvalue weighted by Gasteiger charge is -2.16. The van der Waals surface area contributed by atoms with Crippen LogP contribution < -0.4 is 0 Å². The fraction of sp³-hybridized carbons (Fsp3) is 0.122. The van der Waals surface area contributed by atoms with Crippen molar-refractivity contribution in [1.82, 2.24) is 0 Å². The molecule has 0 N–H and O–H groups in total. The summed E-state index contributed by atoms with van der Waals surface area (Å²) < 4.78 is 80.7. The predicted molar refractivity (Wildman–Crippen MR) is 176 cm³/mol. The minimum absolute atomic E-state index is 0.154. The number of nitrogens with zero attached hydrogens (tertiary/aromatic N) is 4. The van der Waals surface area contributed by atoms with Crippen molar-refractivity contribution in [3.63, 3.8) is 0 Å². The molecule has 0 amide bonds. The first-order valence-corrected chi connectivity index (χ1v) is 15.5. The van der Waals surface area contributed by atoms with Crippen LogP contribution in [0.2, 0.25) is 0 Å². The number of nitriles is 4. The first kappa shape index (κ1) is 32.9. The molecule has 0 aromatic heterocycles. The topological polar surface area (TPSA) is 95.2 Å². The zero-order valence-corrected chi connectivity index (χ0v) is 26.2. The van der Waals surface area contributed by atoms with Gasteiger partial charge in [0.1, 0.15) is 23.6 Å². The number of allylic oxidation sites excluding steroid dienone is 1. The van der Waals surface area contributed by atoms with E-state index in [-0.39, 0.29) is 12.0 Å². The molecular weight excluding hydrogens is 662 g/mol. The first-order chi connectivity index (χ1) is 24.4. The summed E-state index contributed by atoms with van der Waals surface area (Å²) in [7, 11) is 0. The summed E-state index contributed by atoms with van der Waals surface area (Å²) >= 11 is 0. The average Bonchev–Trinajstić information content (AvgIpc) is 3.59. The molecule has 4 nitrogen and oxygen atoms in total. The third-order valence-electron chi connectivity index (χ3n) is 9.39. The van der Waals surface area contributed by atoms with Crippen molar-refractivity contribution in [2.75, 3.05) is 0 Å². The van der Waals surface area contributed by atoms with Gasteiger partial charge in [0.15, 0.2) is 0 Å². The summed E-state index contributed by atoms with van der Waals surface area (Å²) in [5.41, 5.74) is 5.35. The standard InChI is InChI=1S/C41H20F6N4/c42-40(43,44)28-5-1-3-22(12-28)11-23-7-9-30-32-16-37-33(17-36(32)38(34(30)13-23)26(18-48)19-49)31-10-8-25(15-35(31)39(37)27(20-50)21-51)24-4-2-6-29(14-24)41(45,46)47/h1-10,12-17,27,39H,11H2. The van der Waals surface area contributed by atoms with Gasteiger partial charge in [-0.25, -0.2) is 0 Å². The number of hydrogen-bond acceptors (Lipinski definition) is 4. The van der Waals surface area contributed by atoms with Gasteiger partial charge in [-0.1, -0.05) is 60.7 Å². The Bertz CT molecular complexity index is 2470. The number of benzene rings is 5. The van der Waals surface area contributed by atoms with E-state index in [1.807, 2.05) is 18.2 Å². The SMILES string of the molecule is N#CC(C#N)=C1c2cc(Cc3cccc(C(F)(F)F)c3)ccc2-c2cc3c(cc21)-c1ccc(-c2cccc(C(F)(F)F)c2)cc1C3C(C#N)C#N. The van der Waals surface area contributed by atoms with Gasteiger partial charge in [-0.15, -0.1) is 0 Å². The second kappa shape index (κ2) is 12.1. The Kier molecular flexibility index (Phi) is 7.78. The summed E-state index contributed by atoms with van der Waals surface area (Å²) in [6, 6.07) is 32.0. The van der Waals surface area contributed by atoms with Crippen LogP contribution in [0.4, 0.5) is 26.3 Å². The molecule has 5 aromatic carbocycles. The Morgan fingerprint density at radius 2 is 1.14 bits per heavy atom. The zero-order chi connectivity index (χ0) is 36.2. The second-order valence-corrected chi connectivity index (χ2v) is 12.3. The molecule has 0 aliphatic heterocycles. The number of hydrogen-bond donors (Lipinski definition) is 0. The predicted octanol–water partition coefficient (Wildman–Crippen LogP) is 10.6. The third-order valence-corrected chi connectivity index (χ3v) is 9.39. The molecule has 0 bridgehead atoms. The molecule has 2 aliphatic rings. The molecule has 1 atom stereocenters. The number of alkyl halides is 6. The first-order valence-electron chi connectivity index (χ1n) is 15.5. The largest absolute Gasteiger partial charge is 0.416 e. The van der Waals surface area contributed by atoms with E-state index in [1.54, 1.807) is 54.6 Å². The highest BCUT2D eigenvalue weighted by Gasteiger charge is 2.39. The normalized spacial score (nSPS) is 14.0. The summed E-state index contributed by atoms with van der Waals surface area (Å²) in [5.74, 6) is -1.91. The van der Waals surface area contributed by atoms with Crippen molar-refractivity contribution in [3.8, 4) is 57.7 Å². The van der Waals surface area contributed by atoms with Crippen molar-refractivity contribution in [2.45, 2.75) is 24.7 Å². The van der Waals surface area contributed by atoms with Crippen molar-refractivity contribution in [3.05, 3.63) is 147 Å². The lowest BCUT2D eigenvalue weighted by Crippen LogP contribution is -2.09. The van der Waals surface area contributed by atoms with Gasteiger partial charge in [0.2, 0.25) is 0 Å². The van der Waals surface area contributed by atoms with Crippen molar-refractivity contribution in [1.29, 1.82) is 21.0 Å². The Labute approximate surface area is 288 Å². The van der Waals surface area contributed by atoms with Crippen LogP contribution in [0.1, 0.15) is 50.4 Å². The quantitative estimate of drug-likeness (QED) is 0.137. The van der Waals surface area contributed by atoms with Gasteiger partial charge in [0.25, 0.3) is 0 Å². The highest BCUT2D eigenvalue weighted by Crippen LogP contribution is 2.55. The van der Waals surface area contributed by atoms with Gasteiger partial charge < -0.3 is 0 Å². The molecule has 5 aromatic rings. The fourth-order valence-corrected chi connectivity index (χ4v) is 7.15. The summed E-state index contributed by atoms with van der Waals surface area (Å²) in [4.78, 5) is 0. The van der Waals surface area contributed by atoms with Crippen LogP contribution in [-0.4, -0.2) is 0 Å². The Hall–Kier alpha value is -6.62. The van der Waals surface area contributed by atoms with Gasteiger partial charge >= 0.3 is 12.4 Å². The molecule has 0 heterocycles. The third kappa shape index (κ3) is 5.58. The summed E-state index contributed by atoms with van der Waals surface area (Å²) in [6.07, 6.45) is -8.90. The number of halogens is 6. The highest BCUT2D eigenvalue weighted by molar-refractivity contribution is 6.06. The maximum absolute atomic E-state index is 13.5. The molecule has 0 saturated heterocycles. The van der Waals surface area contributed by atoms with E-state index in [4.69, 9.17) is 0 Å². The minimum atomic E-state index is -4.55. The minimum Gasteiger partial charge on any atom is -0.197 e. The molecule has 0 saturated carbocycles. The smallest absolute Gasteiger partial charge is 0.197 e. The van der Waals surface area contributed by atoms with Gasteiger partial charge in [-0.2, -0.15) is 47.4 Å². The molecule has 10 heteroatoms. The molecular formula is C41H20F6N4. The van der Waals surface area contributed by atoms with Crippen molar-refractivity contribution >= 4 is 5.57 Å². The van der Waals surface area contributed by atoms with Crippen LogP contribution in [0.3, 0.4) is 0 Å². The van der Waals surface area contributed by atoms with E-state index in [2.05, 4.69) is 12.1 Å². The van der Waals surface area contributed by atoms with E-state index in [0.717, 1.165) is 24.3 Å². The lowest BCUT2D eigenvalue weighted by atomic mass is 9.84. The van der Waals surface area contributed by atoms with Crippen LogP contribution >= 0.6 is 0 Å². The molecule has 7 rings (SSSR count). The molecule has 2 aliphatic carbocycles. The summed E-state index contributed by atoms with van der Waals surface area (Å²) in [6.45, 7) is 0. The number of fused-ring (bicyclic) bond motifs is 6. The zero-order valence-electron chi connectivity index (χ0n) is 26.2. The Morgan fingerprint density at radius 1 is 0.549 bits per heavy atom. The van der Waals surface area contributed by atoms with Crippen LogP contribution in [0.5, 0.6) is 0 Å². The lowest BCUT2D eigenvalue weighted by molar-refractivity contribution is -0.138. The molecule has 0 radical (unpaired) electrons. The average molecular weight is 683 g/mol. The van der Waals surface area contributed by atoms with Crippen LogP contribution in [0, 0.1) is 51.2 Å². The van der Waals surface area contributed by atoms with Crippen LogP contribution in [0.25, 0.3) is 39.0 Å². The molecule has 246 valence electrons. The van der Waals surface area contributed by atoms with Gasteiger partial charge in [-0.05, 0) is 110 Å². The van der Waals surface area contributed by atoms with Crippen LogP contribution in [-0.2, 0) is 18.8 Å². The van der Waals surface area contributed by atoms with E-state index in [9.17, 15) is 47.4 Å². The molecule has 51 heavy (non-hydrogen) atoms. The van der Waals surface area contributed by atoms with E-state index >= 15 is 0 Å². The maximum Gasteiger partial charge on any atom is 0.416 e. The summed E-state index contributed by atoms with van der Waals surface area (Å²) in [5, 5.41) is 40.1. The monoisotopic (exact) mass is 682 g/mol. The molecule has 1 unspecified atom stereocenters. The Balaban J connectivity index is 1.37. The van der Waals surface area contributed by atoms with Crippen LogP contribution in [0.15, 0.2) is 103 Å². The van der Waals surface area contributed by atoms with Gasteiger partial charge in [0, 0.05) is 11.5 Å². The number of rotatable bonds is 4. The Morgan fingerprint density at radius 3 is 1.80 bits per heavy atom.